The van der Waals surface area contributed by atoms with Crippen molar-refractivity contribution in [2.24, 2.45) is 5.41 Å². The highest BCUT2D eigenvalue weighted by molar-refractivity contribution is 5.88. The van der Waals surface area contributed by atoms with Crippen molar-refractivity contribution in [3.05, 3.63) is 99.7 Å². The SMILES string of the molecule is CC1=CC(C(C)(C)C)=CC1=C(c1cccc(C(F)(F)F)c1)c1cccc(C(F)(F)F)c1. The summed E-state index contributed by atoms with van der Waals surface area (Å²) in [5.41, 5.74) is 1.19. The minimum Gasteiger partial charge on any atom is -0.166 e. The molecule has 0 aliphatic heterocycles. The zero-order valence-electron chi connectivity index (χ0n) is 17.5. The van der Waals surface area contributed by atoms with Crippen LogP contribution in [0.25, 0.3) is 5.57 Å². The Bertz CT molecular complexity index is 1030. The first kappa shape index (κ1) is 22.9. The molecule has 0 amide bonds. The monoisotopic (exact) mass is 436 g/mol. The molecule has 0 unspecified atom stereocenters. The Balaban J connectivity index is 2.33. The lowest BCUT2D eigenvalue weighted by Gasteiger charge is -2.18. The lowest BCUT2D eigenvalue weighted by molar-refractivity contribution is -0.138. The quantitative estimate of drug-likeness (QED) is 0.414. The molecule has 2 aromatic carbocycles. The normalized spacial score (nSPS) is 15.1. The average molecular weight is 436 g/mol. The smallest absolute Gasteiger partial charge is 0.166 e. The number of rotatable bonds is 2. The maximum Gasteiger partial charge on any atom is 0.416 e. The molecule has 2 aromatic rings. The molecule has 164 valence electrons. The van der Waals surface area contributed by atoms with E-state index in [-0.39, 0.29) is 16.5 Å². The van der Waals surface area contributed by atoms with Crippen molar-refractivity contribution >= 4 is 5.57 Å². The molecule has 3 rings (SSSR count). The van der Waals surface area contributed by atoms with Crippen LogP contribution in [0.3, 0.4) is 0 Å². The van der Waals surface area contributed by atoms with Gasteiger partial charge in [0.2, 0.25) is 0 Å². The van der Waals surface area contributed by atoms with Gasteiger partial charge in [-0.2, -0.15) is 26.3 Å². The van der Waals surface area contributed by atoms with Gasteiger partial charge in [0.15, 0.2) is 0 Å². The second-order valence-corrected chi connectivity index (χ2v) is 8.62. The molecule has 0 atom stereocenters. The molecular weight excluding hydrogens is 414 g/mol. The van der Waals surface area contributed by atoms with Crippen LogP contribution < -0.4 is 0 Å². The van der Waals surface area contributed by atoms with Gasteiger partial charge in [0, 0.05) is 0 Å². The summed E-state index contributed by atoms with van der Waals surface area (Å²) in [6.45, 7) is 7.81. The van der Waals surface area contributed by atoms with Crippen LogP contribution in [0.1, 0.15) is 49.9 Å². The summed E-state index contributed by atoms with van der Waals surface area (Å²) in [5, 5.41) is 0. The zero-order chi connectivity index (χ0) is 23.2. The van der Waals surface area contributed by atoms with Gasteiger partial charge in [0.25, 0.3) is 0 Å². The van der Waals surface area contributed by atoms with E-state index < -0.39 is 23.5 Å². The van der Waals surface area contributed by atoms with E-state index in [0.29, 0.717) is 11.1 Å². The van der Waals surface area contributed by atoms with E-state index in [9.17, 15) is 26.3 Å². The van der Waals surface area contributed by atoms with Crippen LogP contribution in [-0.4, -0.2) is 0 Å². The molecule has 0 saturated carbocycles. The summed E-state index contributed by atoms with van der Waals surface area (Å²) >= 11 is 0. The maximum atomic E-state index is 13.3. The Kier molecular flexibility index (Phi) is 5.72. The number of allylic oxidation sites excluding steroid dienone is 5. The molecule has 0 spiro atoms. The summed E-state index contributed by atoms with van der Waals surface area (Å²) in [6, 6.07) is 9.40. The number of benzene rings is 2. The summed E-state index contributed by atoms with van der Waals surface area (Å²) in [7, 11) is 0. The standard InChI is InChI=1S/C25H22F6/c1-15-11-20(23(2,3)4)14-21(15)22(16-7-5-9-18(12-16)24(26,27)28)17-8-6-10-19(13-17)25(29,30)31/h5-14H,1-4H3. The molecule has 0 fully saturated rings. The van der Waals surface area contributed by atoms with Gasteiger partial charge in [-0.05, 0) is 70.0 Å². The molecular formula is C25H22F6. The molecule has 0 N–H and O–H groups in total. The predicted octanol–water partition coefficient (Wildman–Crippen LogP) is 8.46. The fourth-order valence-electron chi connectivity index (χ4n) is 3.50. The molecule has 31 heavy (non-hydrogen) atoms. The minimum atomic E-state index is -4.56. The summed E-state index contributed by atoms with van der Waals surface area (Å²) in [5.74, 6) is 0. The molecule has 1 aliphatic rings. The van der Waals surface area contributed by atoms with Crippen LogP contribution in [0.2, 0.25) is 0 Å². The Morgan fingerprint density at radius 2 is 1.13 bits per heavy atom. The third-order valence-electron chi connectivity index (χ3n) is 5.19. The summed E-state index contributed by atoms with van der Waals surface area (Å²) in [4.78, 5) is 0. The van der Waals surface area contributed by atoms with Gasteiger partial charge in [0.05, 0.1) is 11.1 Å². The largest absolute Gasteiger partial charge is 0.416 e. The topological polar surface area (TPSA) is 0 Å². The van der Waals surface area contributed by atoms with Gasteiger partial charge >= 0.3 is 12.4 Å². The second kappa shape index (κ2) is 7.74. The Morgan fingerprint density at radius 3 is 1.48 bits per heavy atom. The van der Waals surface area contributed by atoms with Crippen LogP contribution in [-0.2, 0) is 12.4 Å². The first-order valence-electron chi connectivity index (χ1n) is 9.68. The van der Waals surface area contributed by atoms with Crippen LogP contribution >= 0.6 is 0 Å². The summed E-state index contributed by atoms with van der Waals surface area (Å²) in [6.07, 6.45) is -5.35. The number of hydrogen-bond acceptors (Lipinski definition) is 0. The van der Waals surface area contributed by atoms with Gasteiger partial charge in [-0.1, -0.05) is 57.2 Å². The van der Waals surface area contributed by atoms with Crippen molar-refractivity contribution in [3.63, 3.8) is 0 Å². The molecule has 0 radical (unpaired) electrons. The van der Waals surface area contributed by atoms with Gasteiger partial charge in [-0.15, -0.1) is 0 Å². The maximum absolute atomic E-state index is 13.3. The first-order valence-corrected chi connectivity index (χ1v) is 9.68. The Labute approximate surface area is 177 Å². The summed E-state index contributed by atoms with van der Waals surface area (Å²) < 4.78 is 80.0. The van der Waals surface area contributed by atoms with Crippen LogP contribution in [0, 0.1) is 5.41 Å². The Hall–Kier alpha value is -2.76. The van der Waals surface area contributed by atoms with E-state index in [2.05, 4.69) is 0 Å². The van der Waals surface area contributed by atoms with Crippen molar-refractivity contribution in [2.75, 3.05) is 0 Å². The molecule has 6 heteroatoms. The van der Waals surface area contributed by atoms with Crippen LogP contribution in [0.5, 0.6) is 0 Å². The number of hydrogen-bond donors (Lipinski definition) is 0. The highest BCUT2D eigenvalue weighted by Gasteiger charge is 2.33. The highest BCUT2D eigenvalue weighted by atomic mass is 19.4. The van der Waals surface area contributed by atoms with Gasteiger partial charge < -0.3 is 0 Å². The van der Waals surface area contributed by atoms with Gasteiger partial charge in [0.1, 0.15) is 0 Å². The zero-order valence-corrected chi connectivity index (χ0v) is 17.5. The van der Waals surface area contributed by atoms with Crippen LogP contribution in [0.15, 0.2) is 77.4 Å². The lowest BCUT2D eigenvalue weighted by atomic mass is 9.86. The van der Waals surface area contributed by atoms with Crippen molar-refractivity contribution in [1.82, 2.24) is 0 Å². The lowest BCUT2D eigenvalue weighted by Crippen LogP contribution is -2.07. The van der Waals surface area contributed by atoms with Crippen LogP contribution in [0.4, 0.5) is 26.3 Å². The van der Waals surface area contributed by atoms with Gasteiger partial charge in [-0.25, -0.2) is 0 Å². The molecule has 0 nitrogen and oxygen atoms in total. The second-order valence-electron chi connectivity index (χ2n) is 8.62. The minimum absolute atomic E-state index is 0.211. The number of halogens is 6. The average Bonchev–Trinajstić information content (AvgIpc) is 3.03. The van der Waals surface area contributed by atoms with E-state index in [1.165, 1.54) is 24.3 Å². The molecule has 0 heterocycles. The van der Waals surface area contributed by atoms with Crippen molar-refractivity contribution < 1.29 is 26.3 Å². The van der Waals surface area contributed by atoms with Gasteiger partial charge in [-0.3, -0.25) is 0 Å². The first-order chi connectivity index (χ1) is 14.2. The van der Waals surface area contributed by atoms with E-state index in [0.717, 1.165) is 35.4 Å². The fourth-order valence-corrected chi connectivity index (χ4v) is 3.50. The molecule has 0 bridgehead atoms. The van der Waals surface area contributed by atoms with E-state index >= 15 is 0 Å². The predicted molar refractivity (Wildman–Crippen MR) is 110 cm³/mol. The molecule has 1 aliphatic carbocycles. The third-order valence-corrected chi connectivity index (χ3v) is 5.19. The van der Waals surface area contributed by atoms with Crippen molar-refractivity contribution in [3.8, 4) is 0 Å². The molecule has 0 aromatic heterocycles. The van der Waals surface area contributed by atoms with Crippen molar-refractivity contribution in [2.45, 2.75) is 40.0 Å². The number of alkyl halides is 6. The highest BCUT2D eigenvalue weighted by Crippen LogP contribution is 2.42. The Morgan fingerprint density at radius 1 is 0.677 bits per heavy atom. The third kappa shape index (κ3) is 4.94. The van der Waals surface area contributed by atoms with E-state index in [4.69, 9.17) is 0 Å². The fraction of sp³-hybridized carbons (Fsp3) is 0.280. The molecule has 0 saturated heterocycles. The van der Waals surface area contributed by atoms with Crippen molar-refractivity contribution in [1.29, 1.82) is 0 Å². The van der Waals surface area contributed by atoms with E-state index in [1.54, 1.807) is 0 Å². The van der Waals surface area contributed by atoms with E-state index in [1.807, 2.05) is 39.8 Å².